The fraction of sp³-hybridized carbons (Fsp3) is 0.391. The van der Waals surface area contributed by atoms with Crippen molar-refractivity contribution in [2.24, 2.45) is 5.73 Å². The summed E-state index contributed by atoms with van der Waals surface area (Å²) >= 11 is 0. The molecule has 6 nitrogen and oxygen atoms in total. The Bertz CT molecular complexity index is 919. The van der Waals surface area contributed by atoms with E-state index in [0.717, 1.165) is 49.4 Å². The summed E-state index contributed by atoms with van der Waals surface area (Å²) in [6.45, 7) is 6.26. The van der Waals surface area contributed by atoms with Crippen LogP contribution in [0.4, 0.5) is 0 Å². The van der Waals surface area contributed by atoms with Crippen molar-refractivity contribution in [1.29, 1.82) is 0 Å². The van der Waals surface area contributed by atoms with Crippen LogP contribution in [0.5, 0.6) is 0 Å². The van der Waals surface area contributed by atoms with E-state index in [4.69, 9.17) is 5.73 Å². The highest BCUT2D eigenvalue weighted by Gasteiger charge is 2.24. The molecule has 2 heterocycles. The molecule has 1 saturated heterocycles. The van der Waals surface area contributed by atoms with Gasteiger partial charge < -0.3 is 15.5 Å². The average Bonchev–Trinajstić information content (AvgIpc) is 2.74. The van der Waals surface area contributed by atoms with Crippen molar-refractivity contribution in [3.63, 3.8) is 0 Å². The van der Waals surface area contributed by atoms with E-state index in [9.17, 15) is 9.59 Å². The van der Waals surface area contributed by atoms with Crippen LogP contribution in [0.1, 0.15) is 37.4 Å². The molecule has 4 rings (SSSR count). The van der Waals surface area contributed by atoms with Crippen molar-refractivity contribution in [1.82, 2.24) is 14.7 Å². The number of rotatable bonds is 4. The lowest BCUT2D eigenvalue weighted by Gasteiger charge is -2.32. The number of hydrogen-bond acceptors (Lipinski definition) is 4. The first kappa shape index (κ1) is 19.6. The van der Waals surface area contributed by atoms with Crippen LogP contribution in [0.25, 0.3) is 0 Å². The highest BCUT2D eigenvalue weighted by atomic mass is 16.2. The third-order valence-electron chi connectivity index (χ3n) is 5.99. The minimum absolute atomic E-state index is 0.0420. The number of piperazine rings is 1. The Kier molecular flexibility index (Phi) is 5.65. The summed E-state index contributed by atoms with van der Waals surface area (Å²) in [6.07, 6.45) is 0.654. The number of hydrogen-bond donors (Lipinski definition) is 1. The van der Waals surface area contributed by atoms with Crippen LogP contribution in [-0.4, -0.2) is 66.3 Å². The molecule has 2 aromatic rings. The third kappa shape index (κ3) is 4.33. The fourth-order valence-electron chi connectivity index (χ4n) is 4.26. The van der Waals surface area contributed by atoms with Gasteiger partial charge in [-0.2, -0.15) is 0 Å². The minimum atomic E-state index is -0.404. The van der Waals surface area contributed by atoms with Crippen LogP contribution in [0.15, 0.2) is 42.5 Å². The lowest BCUT2D eigenvalue weighted by atomic mass is 9.93. The predicted molar refractivity (Wildman–Crippen MR) is 113 cm³/mol. The summed E-state index contributed by atoms with van der Waals surface area (Å²) in [5.41, 5.74) is 9.96. The second-order valence-corrected chi connectivity index (χ2v) is 8.06. The molecule has 6 heteroatoms. The van der Waals surface area contributed by atoms with Gasteiger partial charge in [0.2, 0.25) is 5.91 Å². The van der Waals surface area contributed by atoms with Crippen molar-refractivity contribution < 1.29 is 9.59 Å². The fourth-order valence-corrected chi connectivity index (χ4v) is 4.26. The van der Waals surface area contributed by atoms with E-state index in [0.29, 0.717) is 25.1 Å². The number of fused-ring (bicyclic) bond motifs is 1. The van der Waals surface area contributed by atoms with Gasteiger partial charge in [-0.3, -0.25) is 14.5 Å². The Morgan fingerprint density at radius 3 is 2.52 bits per heavy atom. The first-order valence-electron chi connectivity index (χ1n) is 10.2. The van der Waals surface area contributed by atoms with E-state index < -0.39 is 5.91 Å². The van der Waals surface area contributed by atoms with E-state index >= 15 is 0 Å². The van der Waals surface area contributed by atoms with Crippen molar-refractivity contribution >= 4 is 11.8 Å². The van der Waals surface area contributed by atoms with Gasteiger partial charge in [0.1, 0.15) is 0 Å². The average molecular weight is 393 g/mol. The summed E-state index contributed by atoms with van der Waals surface area (Å²) in [7, 11) is 2.15. The van der Waals surface area contributed by atoms with Crippen molar-refractivity contribution in [2.45, 2.75) is 19.5 Å². The molecule has 29 heavy (non-hydrogen) atoms. The summed E-state index contributed by atoms with van der Waals surface area (Å²) < 4.78 is 0. The van der Waals surface area contributed by atoms with Gasteiger partial charge in [-0.15, -0.1) is 0 Å². The molecule has 0 atom stereocenters. The number of primary amides is 1. The van der Waals surface area contributed by atoms with Gasteiger partial charge >= 0.3 is 0 Å². The summed E-state index contributed by atoms with van der Waals surface area (Å²) in [4.78, 5) is 31.4. The summed E-state index contributed by atoms with van der Waals surface area (Å²) in [6, 6.07) is 13.6. The topological polar surface area (TPSA) is 69.9 Å². The number of likely N-dealkylation sites (N-methyl/N-ethyl adjacent to an activating group) is 1. The second-order valence-electron chi connectivity index (χ2n) is 8.06. The largest absolute Gasteiger partial charge is 0.366 e. The zero-order valence-corrected chi connectivity index (χ0v) is 16.9. The number of carbonyl (C=O) groups is 2. The van der Waals surface area contributed by atoms with Crippen LogP contribution in [-0.2, 0) is 19.5 Å². The lowest BCUT2D eigenvalue weighted by Crippen LogP contribution is -2.43. The zero-order valence-electron chi connectivity index (χ0n) is 16.9. The maximum Gasteiger partial charge on any atom is 0.254 e. The smallest absolute Gasteiger partial charge is 0.254 e. The third-order valence-corrected chi connectivity index (χ3v) is 5.99. The SMILES string of the molecule is CN1CCN(Cc2cccc(C(=O)N3CCc4c(cccc4C(N)=O)C3)c2)CC1. The van der Waals surface area contributed by atoms with Crippen molar-refractivity contribution in [3.05, 3.63) is 70.3 Å². The van der Waals surface area contributed by atoms with Gasteiger partial charge in [0.05, 0.1) is 0 Å². The molecular weight excluding hydrogens is 364 g/mol. The predicted octanol–water partition coefficient (Wildman–Crippen LogP) is 1.73. The Hall–Kier alpha value is -2.70. The lowest BCUT2D eigenvalue weighted by molar-refractivity contribution is 0.0734. The molecule has 152 valence electrons. The second kappa shape index (κ2) is 8.35. The van der Waals surface area contributed by atoms with Crippen molar-refractivity contribution in [2.75, 3.05) is 39.8 Å². The van der Waals surface area contributed by atoms with Crippen LogP contribution in [0.3, 0.4) is 0 Å². The van der Waals surface area contributed by atoms with E-state index in [1.807, 2.05) is 35.2 Å². The molecule has 0 spiro atoms. The number of carbonyl (C=O) groups excluding carboxylic acids is 2. The Morgan fingerprint density at radius 1 is 1.00 bits per heavy atom. The standard InChI is InChI=1S/C23H28N4O2/c1-25-10-12-26(13-11-25)15-17-4-2-5-18(14-17)23(29)27-9-8-20-19(16-27)6-3-7-21(20)22(24)28/h2-7,14H,8-13,15-16H2,1H3,(H2,24,28). The number of amides is 2. The highest BCUT2D eigenvalue weighted by Crippen LogP contribution is 2.24. The molecule has 2 N–H and O–H groups in total. The number of nitrogens with zero attached hydrogens (tertiary/aromatic N) is 3. The normalized spacial score (nSPS) is 17.8. The van der Waals surface area contributed by atoms with Gasteiger partial charge in [0, 0.05) is 56.9 Å². The molecule has 2 aromatic carbocycles. The van der Waals surface area contributed by atoms with Gasteiger partial charge in [-0.25, -0.2) is 0 Å². The first-order chi connectivity index (χ1) is 14.0. The van der Waals surface area contributed by atoms with E-state index in [1.165, 1.54) is 5.56 Å². The van der Waals surface area contributed by atoms with Crippen LogP contribution in [0, 0.1) is 0 Å². The van der Waals surface area contributed by atoms with Gasteiger partial charge in [-0.05, 0) is 48.4 Å². The summed E-state index contributed by atoms with van der Waals surface area (Å²) in [5.74, 6) is -0.362. The van der Waals surface area contributed by atoms with Crippen LogP contribution >= 0.6 is 0 Å². The number of benzene rings is 2. The maximum atomic E-state index is 13.1. The van der Waals surface area contributed by atoms with E-state index in [2.05, 4.69) is 22.9 Å². The van der Waals surface area contributed by atoms with Gasteiger partial charge in [-0.1, -0.05) is 24.3 Å². The quantitative estimate of drug-likeness (QED) is 0.860. The first-order valence-corrected chi connectivity index (χ1v) is 10.2. The molecule has 1 fully saturated rings. The Morgan fingerprint density at radius 2 is 1.76 bits per heavy atom. The molecular formula is C23H28N4O2. The van der Waals surface area contributed by atoms with Crippen LogP contribution in [0.2, 0.25) is 0 Å². The Labute approximate surface area is 171 Å². The Balaban J connectivity index is 1.46. The molecule has 0 unspecified atom stereocenters. The monoisotopic (exact) mass is 392 g/mol. The molecule has 2 aliphatic heterocycles. The van der Waals surface area contributed by atoms with Gasteiger partial charge in [0.25, 0.3) is 5.91 Å². The molecule has 0 saturated carbocycles. The molecule has 2 amide bonds. The maximum absolute atomic E-state index is 13.1. The van der Waals surface area contributed by atoms with E-state index in [1.54, 1.807) is 6.07 Å². The summed E-state index contributed by atoms with van der Waals surface area (Å²) in [5, 5.41) is 0. The van der Waals surface area contributed by atoms with Gasteiger partial charge in [0.15, 0.2) is 0 Å². The molecule has 0 radical (unpaired) electrons. The highest BCUT2D eigenvalue weighted by molar-refractivity contribution is 5.96. The zero-order chi connectivity index (χ0) is 20.4. The molecule has 0 aliphatic carbocycles. The minimum Gasteiger partial charge on any atom is -0.366 e. The molecule has 0 bridgehead atoms. The molecule has 0 aromatic heterocycles. The van der Waals surface area contributed by atoms with E-state index in [-0.39, 0.29) is 5.91 Å². The molecule has 2 aliphatic rings. The number of nitrogens with two attached hydrogens (primary N) is 1. The van der Waals surface area contributed by atoms with Crippen LogP contribution < -0.4 is 5.73 Å². The van der Waals surface area contributed by atoms with Crippen molar-refractivity contribution in [3.8, 4) is 0 Å².